The van der Waals surface area contributed by atoms with Crippen molar-refractivity contribution in [1.29, 1.82) is 0 Å². The molecule has 62 valence electrons. The molecule has 10 heavy (non-hydrogen) atoms. The van der Waals surface area contributed by atoms with E-state index >= 15 is 0 Å². The lowest BCUT2D eigenvalue weighted by molar-refractivity contribution is -0.00000327. The Morgan fingerprint density at radius 2 is 2.10 bits per heavy atom. The van der Waals surface area contributed by atoms with Gasteiger partial charge in [0.15, 0.2) is 0 Å². The van der Waals surface area contributed by atoms with Gasteiger partial charge in [-0.2, -0.15) is 0 Å². The molecule has 0 aliphatic heterocycles. The molecule has 0 aliphatic carbocycles. The van der Waals surface area contributed by atoms with Crippen LogP contribution in [-0.4, -0.2) is 29.5 Å². The Morgan fingerprint density at radius 1 is 1.60 bits per heavy atom. The first-order valence-electron chi connectivity index (χ1n) is 3.01. The van der Waals surface area contributed by atoms with Gasteiger partial charge in [-0.1, -0.05) is 6.58 Å². The maximum Gasteiger partial charge on any atom is 0.131 e. The first-order chi connectivity index (χ1) is 4.16. The molecule has 0 bridgehead atoms. The van der Waals surface area contributed by atoms with Crippen molar-refractivity contribution in [2.24, 2.45) is 0 Å². The second kappa shape index (κ2) is 7.63. The van der Waals surface area contributed by atoms with Gasteiger partial charge in [0.05, 0.1) is 12.9 Å². The second-order valence-electron chi connectivity index (χ2n) is 2.31. The van der Waals surface area contributed by atoms with E-state index in [-0.39, 0.29) is 17.0 Å². The van der Waals surface area contributed by atoms with Gasteiger partial charge in [0.25, 0.3) is 0 Å². The average Bonchev–Trinajstić information content (AvgIpc) is 1.63. The molecule has 1 N–H and O–H groups in total. The second-order valence-corrected chi connectivity index (χ2v) is 4.57. The number of hydrogen-bond acceptors (Lipinski definition) is 1. The zero-order chi connectivity index (χ0) is 7.28. The zero-order valence-electron chi connectivity index (χ0n) is 6.56. The summed E-state index contributed by atoms with van der Waals surface area (Å²) in [5.74, 6) is 1.99. The smallest absolute Gasteiger partial charge is 0.131 e. The van der Waals surface area contributed by atoms with Crippen molar-refractivity contribution in [2.75, 3.05) is 24.4 Å². The molecular formula is C7H15BrOS. The predicted octanol–water partition coefficient (Wildman–Crippen LogP) is -2.19. The van der Waals surface area contributed by atoms with Crippen LogP contribution in [0.2, 0.25) is 0 Å². The van der Waals surface area contributed by atoms with Crippen LogP contribution in [0.15, 0.2) is 12.2 Å². The molecule has 0 amide bonds. The van der Waals surface area contributed by atoms with Crippen molar-refractivity contribution in [3.8, 4) is 0 Å². The minimum Gasteiger partial charge on any atom is -1.00 e. The van der Waals surface area contributed by atoms with E-state index in [1.165, 1.54) is 5.57 Å². The standard InChI is InChI=1S/C7H15OS.BrH/c1-7(2)6-9(3)5-4-8;/h8H,1,4-6H2,2-3H3;1H/q+1;/p-1. The monoisotopic (exact) mass is 226 g/mol. The normalized spacial score (nSPS) is 11.9. The molecule has 0 heterocycles. The lowest BCUT2D eigenvalue weighted by atomic mass is 10.4. The van der Waals surface area contributed by atoms with Crippen molar-refractivity contribution in [1.82, 2.24) is 0 Å². The molecule has 0 aromatic rings. The first-order valence-corrected chi connectivity index (χ1v) is 4.98. The Bertz CT molecular complexity index is 95.6. The highest BCUT2D eigenvalue weighted by Gasteiger charge is 2.08. The van der Waals surface area contributed by atoms with Gasteiger partial charge in [0.2, 0.25) is 0 Å². The Balaban J connectivity index is 0. The minimum atomic E-state index is 0. The van der Waals surface area contributed by atoms with E-state index in [9.17, 15) is 0 Å². The molecule has 3 heteroatoms. The summed E-state index contributed by atoms with van der Waals surface area (Å²) >= 11 is 0. The molecule has 1 nitrogen and oxygen atoms in total. The summed E-state index contributed by atoms with van der Waals surface area (Å²) < 4.78 is 0. The molecule has 0 fully saturated rings. The van der Waals surface area contributed by atoms with Gasteiger partial charge in [0.1, 0.15) is 11.5 Å². The van der Waals surface area contributed by atoms with Gasteiger partial charge in [-0.15, -0.1) is 0 Å². The van der Waals surface area contributed by atoms with Crippen LogP contribution in [0, 0.1) is 0 Å². The molecule has 0 aromatic carbocycles. The predicted molar refractivity (Wildman–Crippen MR) is 44.9 cm³/mol. The molecule has 0 saturated heterocycles. The van der Waals surface area contributed by atoms with Crippen LogP contribution in [0.1, 0.15) is 6.92 Å². The fourth-order valence-electron chi connectivity index (χ4n) is 0.649. The third-order valence-corrected chi connectivity index (χ3v) is 2.80. The van der Waals surface area contributed by atoms with Crippen LogP contribution in [0.25, 0.3) is 0 Å². The van der Waals surface area contributed by atoms with Gasteiger partial charge < -0.3 is 22.1 Å². The number of hydrogen-bond donors (Lipinski definition) is 1. The highest BCUT2D eigenvalue weighted by Crippen LogP contribution is 1.97. The van der Waals surface area contributed by atoms with Crippen molar-refractivity contribution in [2.45, 2.75) is 6.92 Å². The average molecular weight is 227 g/mol. The highest BCUT2D eigenvalue weighted by atomic mass is 79.9. The topological polar surface area (TPSA) is 20.2 Å². The lowest BCUT2D eigenvalue weighted by Crippen LogP contribution is -3.00. The molecule has 0 aromatic heterocycles. The molecule has 0 radical (unpaired) electrons. The summed E-state index contributed by atoms with van der Waals surface area (Å²) in [6.07, 6.45) is 2.16. The van der Waals surface area contributed by atoms with Crippen molar-refractivity contribution in [3.63, 3.8) is 0 Å². The molecular weight excluding hydrogens is 212 g/mol. The number of aliphatic hydroxyl groups is 1. The van der Waals surface area contributed by atoms with Crippen molar-refractivity contribution >= 4 is 10.9 Å². The third-order valence-electron chi connectivity index (χ3n) is 0.933. The Morgan fingerprint density at radius 3 is 2.40 bits per heavy atom. The molecule has 0 saturated carbocycles. The lowest BCUT2D eigenvalue weighted by Gasteiger charge is -1.98. The fourth-order valence-corrected chi connectivity index (χ4v) is 1.95. The highest BCUT2D eigenvalue weighted by molar-refractivity contribution is 7.96. The van der Waals surface area contributed by atoms with E-state index in [1.54, 1.807) is 0 Å². The number of halogens is 1. The van der Waals surface area contributed by atoms with Crippen LogP contribution < -0.4 is 17.0 Å². The van der Waals surface area contributed by atoms with Gasteiger partial charge in [-0.05, 0) is 23.4 Å². The van der Waals surface area contributed by atoms with E-state index in [4.69, 9.17) is 5.11 Å². The molecule has 0 spiro atoms. The first kappa shape index (κ1) is 13.1. The summed E-state index contributed by atoms with van der Waals surface area (Å²) in [4.78, 5) is 0. The molecule has 0 rings (SSSR count). The number of rotatable bonds is 4. The van der Waals surface area contributed by atoms with Gasteiger partial charge in [-0.25, -0.2) is 0 Å². The maximum absolute atomic E-state index is 8.53. The van der Waals surface area contributed by atoms with E-state index in [2.05, 4.69) is 12.8 Å². The van der Waals surface area contributed by atoms with Gasteiger partial charge in [-0.3, -0.25) is 0 Å². The molecule has 1 atom stereocenters. The van der Waals surface area contributed by atoms with Crippen LogP contribution in [0.3, 0.4) is 0 Å². The summed E-state index contributed by atoms with van der Waals surface area (Å²) in [6.45, 7) is 6.14. The summed E-state index contributed by atoms with van der Waals surface area (Å²) in [5, 5.41) is 8.53. The Hall–Kier alpha value is 0.530. The quantitative estimate of drug-likeness (QED) is 0.427. The maximum atomic E-state index is 8.53. The van der Waals surface area contributed by atoms with Crippen molar-refractivity contribution < 1.29 is 22.1 Å². The van der Waals surface area contributed by atoms with E-state index in [0.717, 1.165) is 11.5 Å². The third kappa shape index (κ3) is 8.53. The van der Waals surface area contributed by atoms with E-state index < -0.39 is 0 Å². The van der Waals surface area contributed by atoms with Gasteiger partial charge in [0, 0.05) is 0 Å². The fraction of sp³-hybridized carbons (Fsp3) is 0.714. The van der Waals surface area contributed by atoms with Crippen LogP contribution in [0.5, 0.6) is 0 Å². The summed E-state index contributed by atoms with van der Waals surface area (Å²) in [5.41, 5.74) is 1.22. The summed E-state index contributed by atoms with van der Waals surface area (Å²) in [7, 11) is 0.350. The van der Waals surface area contributed by atoms with E-state index in [0.29, 0.717) is 17.5 Å². The SMILES string of the molecule is C=C(C)C[S+](C)CCO.[Br-]. The van der Waals surface area contributed by atoms with Gasteiger partial charge >= 0.3 is 0 Å². The molecule has 0 aliphatic rings. The van der Waals surface area contributed by atoms with E-state index in [1.807, 2.05) is 6.92 Å². The minimum absolute atomic E-state index is 0. The van der Waals surface area contributed by atoms with Crippen LogP contribution >= 0.6 is 0 Å². The number of aliphatic hydroxyl groups excluding tert-OH is 1. The Kier molecular flexibility index (Phi) is 10.0. The Labute approximate surface area is 76.6 Å². The molecule has 1 unspecified atom stereocenters. The van der Waals surface area contributed by atoms with Crippen LogP contribution in [-0.2, 0) is 10.9 Å². The van der Waals surface area contributed by atoms with Crippen molar-refractivity contribution in [3.05, 3.63) is 12.2 Å². The largest absolute Gasteiger partial charge is 1.00 e. The zero-order valence-corrected chi connectivity index (χ0v) is 8.96. The summed E-state index contributed by atoms with van der Waals surface area (Å²) in [6, 6.07) is 0. The van der Waals surface area contributed by atoms with Crippen LogP contribution in [0.4, 0.5) is 0 Å².